The van der Waals surface area contributed by atoms with E-state index in [9.17, 15) is 5.11 Å². The first kappa shape index (κ1) is 18.8. The molecule has 126 valence electrons. The van der Waals surface area contributed by atoms with Crippen molar-refractivity contribution in [3.63, 3.8) is 0 Å². The molecule has 0 unspecified atom stereocenters. The van der Waals surface area contributed by atoms with Crippen LogP contribution in [0.15, 0.2) is 0 Å². The van der Waals surface area contributed by atoms with Gasteiger partial charge < -0.3 is 14.9 Å². The van der Waals surface area contributed by atoms with Crippen LogP contribution in [0.25, 0.3) is 0 Å². The first-order valence-corrected chi connectivity index (χ1v) is 11.0. The van der Waals surface area contributed by atoms with E-state index in [0.29, 0.717) is 11.5 Å². The van der Waals surface area contributed by atoms with E-state index in [2.05, 4.69) is 9.80 Å². The zero-order valence-electron chi connectivity index (χ0n) is 13.0. The lowest BCUT2D eigenvalue weighted by Gasteiger charge is -2.29. The Kier molecular flexibility index (Phi) is 8.82. The molecular formula is C15H26N2OS4. The molecule has 0 radical (unpaired) electrons. The van der Waals surface area contributed by atoms with Crippen molar-refractivity contribution in [2.24, 2.45) is 0 Å². The Labute approximate surface area is 153 Å². The number of piperidine rings is 2. The zero-order chi connectivity index (χ0) is 15.8. The van der Waals surface area contributed by atoms with Gasteiger partial charge in [0.15, 0.2) is 0 Å². The molecule has 0 saturated carbocycles. The van der Waals surface area contributed by atoms with Gasteiger partial charge in [0.1, 0.15) is 8.64 Å². The molecule has 22 heavy (non-hydrogen) atoms. The van der Waals surface area contributed by atoms with E-state index in [-0.39, 0.29) is 6.10 Å². The van der Waals surface area contributed by atoms with Crippen molar-refractivity contribution in [2.45, 2.75) is 44.6 Å². The third-order valence-corrected chi connectivity index (χ3v) is 7.36. The summed E-state index contributed by atoms with van der Waals surface area (Å²) in [6.45, 7) is 4.32. The third kappa shape index (κ3) is 6.51. The van der Waals surface area contributed by atoms with Crippen LogP contribution >= 0.6 is 48.0 Å². The fourth-order valence-electron chi connectivity index (χ4n) is 2.72. The number of likely N-dealkylation sites (tertiary alicyclic amines) is 2. The molecule has 1 N–H and O–H groups in total. The summed E-state index contributed by atoms with van der Waals surface area (Å²) in [5, 5.41) is 10.1. The SMILES string of the molecule is OC(CSC(=S)N1CCCCC1)CSC(=S)N1CCCCC1. The van der Waals surface area contributed by atoms with Crippen LogP contribution in [0, 0.1) is 0 Å². The molecule has 2 aliphatic heterocycles. The molecule has 2 heterocycles. The fourth-order valence-corrected chi connectivity index (χ4v) is 5.28. The van der Waals surface area contributed by atoms with Gasteiger partial charge in [-0.25, -0.2) is 0 Å². The standard InChI is InChI=1S/C15H26N2OS4/c18-13(11-21-14(19)16-7-3-1-4-8-16)12-22-15(20)17-9-5-2-6-10-17/h13,18H,1-12H2. The van der Waals surface area contributed by atoms with E-state index in [0.717, 1.165) is 34.8 Å². The maximum atomic E-state index is 10.1. The molecule has 0 amide bonds. The summed E-state index contributed by atoms with van der Waals surface area (Å²) in [5.41, 5.74) is 0. The number of hydrogen-bond donors (Lipinski definition) is 1. The topological polar surface area (TPSA) is 26.7 Å². The predicted molar refractivity (Wildman–Crippen MR) is 107 cm³/mol. The van der Waals surface area contributed by atoms with Gasteiger partial charge in [-0.15, -0.1) is 0 Å². The largest absolute Gasteiger partial charge is 0.391 e. The first-order chi connectivity index (χ1) is 10.7. The minimum atomic E-state index is -0.347. The zero-order valence-corrected chi connectivity index (χ0v) is 16.3. The van der Waals surface area contributed by atoms with Crippen LogP contribution < -0.4 is 0 Å². The van der Waals surface area contributed by atoms with Crippen molar-refractivity contribution >= 4 is 56.6 Å². The predicted octanol–water partition coefficient (Wildman–Crippen LogP) is 3.36. The van der Waals surface area contributed by atoms with E-state index in [1.165, 1.54) is 38.5 Å². The summed E-state index contributed by atoms with van der Waals surface area (Å²) >= 11 is 14.2. The molecule has 3 nitrogen and oxygen atoms in total. The molecule has 2 saturated heterocycles. The van der Waals surface area contributed by atoms with E-state index in [4.69, 9.17) is 24.4 Å². The van der Waals surface area contributed by atoms with Crippen LogP contribution in [0.4, 0.5) is 0 Å². The van der Waals surface area contributed by atoms with Crippen molar-refractivity contribution in [3.8, 4) is 0 Å². The van der Waals surface area contributed by atoms with Gasteiger partial charge >= 0.3 is 0 Å². The highest BCUT2D eigenvalue weighted by Gasteiger charge is 2.17. The van der Waals surface area contributed by atoms with Crippen molar-refractivity contribution < 1.29 is 5.11 Å². The summed E-state index contributed by atoms with van der Waals surface area (Å²) in [7, 11) is 0. The smallest absolute Gasteiger partial charge is 0.136 e. The van der Waals surface area contributed by atoms with Crippen LogP contribution in [-0.4, -0.2) is 67.3 Å². The van der Waals surface area contributed by atoms with Gasteiger partial charge in [-0.05, 0) is 38.5 Å². The quantitative estimate of drug-likeness (QED) is 0.750. The number of thiocarbonyl (C=S) groups is 2. The number of nitrogens with zero attached hydrogens (tertiary/aromatic N) is 2. The van der Waals surface area contributed by atoms with Crippen LogP contribution in [0.2, 0.25) is 0 Å². The first-order valence-electron chi connectivity index (χ1n) is 8.18. The fraction of sp³-hybridized carbons (Fsp3) is 0.867. The summed E-state index contributed by atoms with van der Waals surface area (Å²) < 4.78 is 1.89. The molecular weight excluding hydrogens is 352 g/mol. The van der Waals surface area contributed by atoms with Crippen LogP contribution in [0.3, 0.4) is 0 Å². The molecule has 0 aromatic carbocycles. The average molecular weight is 379 g/mol. The lowest BCUT2D eigenvalue weighted by atomic mass is 10.1. The van der Waals surface area contributed by atoms with Crippen LogP contribution in [-0.2, 0) is 0 Å². The van der Waals surface area contributed by atoms with Crippen molar-refractivity contribution in [2.75, 3.05) is 37.7 Å². The highest BCUT2D eigenvalue weighted by atomic mass is 32.2. The Morgan fingerprint density at radius 2 is 1.14 bits per heavy atom. The lowest BCUT2D eigenvalue weighted by molar-refractivity contribution is 0.225. The van der Waals surface area contributed by atoms with E-state index >= 15 is 0 Å². The Morgan fingerprint density at radius 1 is 0.773 bits per heavy atom. The molecule has 0 bridgehead atoms. The number of aliphatic hydroxyl groups is 1. The minimum Gasteiger partial charge on any atom is -0.391 e. The minimum absolute atomic E-state index is 0.347. The average Bonchev–Trinajstić information content (AvgIpc) is 2.59. The molecule has 0 atom stereocenters. The molecule has 0 spiro atoms. The monoisotopic (exact) mass is 378 g/mol. The normalized spacial score (nSPS) is 19.5. The Bertz CT molecular complexity index is 335. The molecule has 0 aromatic heterocycles. The van der Waals surface area contributed by atoms with Gasteiger partial charge in [0.2, 0.25) is 0 Å². The van der Waals surface area contributed by atoms with Gasteiger partial charge in [0, 0.05) is 37.7 Å². The second-order valence-corrected chi connectivity index (χ2v) is 9.21. The molecule has 7 heteroatoms. The van der Waals surface area contributed by atoms with Gasteiger partial charge in [0.05, 0.1) is 6.10 Å². The summed E-state index contributed by atoms with van der Waals surface area (Å²) in [4.78, 5) is 4.56. The molecule has 0 aromatic rings. The van der Waals surface area contributed by atoms with Crippen molar-refractivity contribution in [3.05, 3.63) is 0 Å². The summed E-state index contributed by atoms with van der Waals surface area (Å²) in [6.07, 6.45) is 7.24. The Morgan fingerprint density at radius 3 is 1.50 bits per heavy atom. The van der Waals surface area contributed by atoms with E-state index in [1.807, 2.05) is 0 Å². The van der Waals surface area contributed by atoms with E-state index < -0.39 is 0 Å². The van der Waals surface area contributed by atoms with Crippen molar-refractivity contribution in [1.29, 1.82) is 0 Å². The number of thioether (sulfide) groups is 2. The molecule has 2 fully saturated rings. The maximum Gasteiger partial charge on any atom is 0.136 e. The van der Waals surface area contributed by atoms with Crippen molar-refractivity contribution in [1.82, 2.24) is 9.80 Å². The summed E-state index contributed by atoms with van der Waals surface area (Å²) in [6, 6.07) is 0. The third-order valence-electron chi connectivity index (χ3n) is 4.03. The molecule has 2 rings (SSSR count). The number of hydrogen-bond acceptors (Lipinski definition) is 5. The molecule has 0 aliphatic carbocycles. The van der Waals surface area contributed by atoms with Gasteiger partial charge in [0.25, 0.3) is 0 Å². The highest BCUT2D eigenvalue weighted by Crippen LogP contribution is 2.20. The maximum absolute atomic E-state index is 10.1. The highest BCUT2D eigenvalue weighted by molar-refractivity contribution is 8.23. The lowest BCUT2D eigenvalue weighted by Crippen LogP contribution is -2.34. The Hall–Kier alpha value is 0.440. The van der Waals surface area contributed by atoms with Crippen LogP contribution in [0.1, 0.15) is 38.5 Å². The van der Waals surface area contributed by atoms with Crippen LogP contribution in [0.5, 0.6) is 0 Å². The van der Waals surface area contributed by atoms with Gasteiger partial charge in [-0.2, -0.15) is 0 Å². The second kappa shape index (κ2) is 10.3. The molecule has 2 aliphatic rings. The second-order valence-electron chi connectivity index (χ2n) is 5.90. The van der Waals surface area contributed by atoms with E-state index in [1.54, 1.807) is 23.5 Å². The Balaban J connectivity index is 1.59. The van der Waals surface area contributed by atoms with Gasteiger partial charge in [-0.1, -0.05) is 48.0 Å². The number of rotatable bonds is 4. The number of aliphatic hydroxyl groups excluding tert-OH is 1. The summed E-state index contributed by atoms with van der Waals surface area (Å²) in [5.74, 6) is 1.34. The van der Waals surface area contributed by atoms with Gasteiger partial charge in [-0.3, -0.25) is 0 Å².